The first-order chi connectivity index (χ1) is 14.8. The number of halogens is 2. The summed E-state index contributed by atoms with van der Waals surface area (Å²) in [5.41, 5.74) is 0.0815. The van der Waals surface area contributed by atoms with Gasteiger partial charge in [0.2, 0.25) is 0 Å². The number of rotatable bonds is 4. The molecule has 0 atom stereocenters. The molecule has 0 N–H and O–H groups in total. The molecule has 3 heterocycles. The van der Waals surface area contributed by atoms with E-state index in [1.807, 2.05) is 0 Å². The highest BCUT2D eigenvalue weighted by Gasteiger charge is 2.17. The molecule has 0 aliphatic heterocycles. The summed E-state index contributed by atoms with van der Waals surface area (Å²) in [6, 6.07) is 5.17. The van der Waals surface area contributed by atoms with Crippen LogP contribution in [0.5, 0.6) is 0 Å². The summed E-state index contributed by atoms with van der Waals surface area (Å²) in [5.74, 6) is -0.626. The normalized spacial score (nSPS) is 12.1. The molecule has 1 aromatic carbocycles. The van der Waals surface area contributed by atoms with E-state index in [0.717, 1.165) is 10.1 Å². The maximum Gasteiger partial charge on any atom is 0.332 e. The summed E-state index contributed by atoms with van der Waals surface area (Å²) in [7, 11) is 3.15. The van der Waals surface area contributed by atoms with Crippen LogP contribution in [0.25, 0.3) is 11.2 Å². The number of nitrogens with zero attached hydrogens (tertiary/aromatic N) is 6. The van der Waals surface area contributed by atoms with Gasteiger partial charge >= 0.3 is 5.69 Å². The molecular weight excluding hydrogens is 463 g/mol. The number of aryl methyl sites for hydroxylation is 2. The van der Waals surface area contributed by atoms with Crippen molar-refractivity contribution in [2.45, 2.75) is 13.1 Å². The number of benzene rings is 1. The van der Waals surface area contributed by atoms with E-state index in [4.69, 9.17) is 23.2 Å². The lowest BCUT2D eigenvalue weighted by Gasteiger charge is -2.07. The molecule has 0 saturated carbocycles. The van der Waals surface area contributed by atoms with Gasteiger partial charge in [-0.25, -0.2) is 14.3 Å². The predicted octanol–water partition coefficient (Wildman–Crippen LogP) is 1.78. The van der Waals surface area contributed by atoms with Crippen LogP contribution in [0.15, 0.2) is 50.7 Å². The van der Waals surface area contributed by atoms with Gasteiger partial charge in [-0.05, 0) is 17.7 Å². The van der Waals surface area contributed by atoms with Crippen LogP contribution in [0, 0.1) is 0 Å². The van der Waals surface area contributed by atoms with E-state index >= 15 is 0 Å². The minimum atomic E-state index is -0.633. The number of amides is 1. The summed E-state index contributed by atoms with van der Waals surface area (Å²) in [4.78, 5) is 46.6. The molecule has 0 bridgehead atoms. The van der Waals surface area contributed by atoms with E-state index in [1.54, 1.807) is 41.4 Å². The largest absolute Gasteiger partial charge is 0.332 e. The maximum atomic E-state index is 12.8. The Labute approximate surface area is 189 Å². The van der Waals surface area contributed by atoms with Gasteiger partial charge in [-0.2, -0.15) is 4.99 Å². The van der Waals surface area contributed by atoms with Crippen LogP contribution in [0.4, 0.5) is 0 Å². The Morgan fingerprint density at radius 3 is 2.74 bits per heavy atom. The van der Waals surface area contributed by atoms with Gasteiger partial charge in [0.15, 0.2) is 16.0 Å². The van der Waals surface area contributed by atoms with Crippen molar-refractivity contribution in [1.29, 1.82) is 0 Å². The van der Waals surface area contributed by atoms with Crippen molar-refractivity contribution in [1.82, 2.24) is 23.3 Å². The summed E-state index contributed by atoms with van der Waals surface area (Å²) in [6.45, 7) is -0.0967. The van der Waals surface area contributed by atoms with Crippen molar-refractivity contribution < 1.29 is 4.79 Å². The highest BCUT2D eigenvalue weighted by Crippen LogP contribution is 2.21. The topological polar surface area (TPSA) is 96.2 Å². The average molecular weight is 479 g/mol. The zero-order valence-electron chi connectivity index (χ0n) is 16.5. The molecule has 1 amide bonds. The van der Waals surface area contributed by atoms with E-state index in [9.17, 15) is 14.4 Å². The molecule has 12 heteroatoms. The van der Waals surface area contributed by atoms with Crippen LogP contribution in [0.1, 0.15) is 5.56 Å². The van der Waals surface area contributed by atoms with Crippen molar-refractivity contribution in [3.63, 3.8) is 0 Å². The third-order valence-corrected chi connectivity index (χ3v) is 6.11. The van der Waals surface area contributed by atoms with Gasteiger partial charge in [-0.15, -0.1) is 11.3 Å². The lowest BCUT2D eigenvalue weighted by Crippen LogP contribution is -2.41. The Kier molecular flexibility index (Phi) is 5.69. The van der Waals surface area contributed by atoms with Crippen molar-refractivity contribution in [3.05, 3.63) is 77.4 Å². The number of carbonyl (C=O) groups excluding carboxylic acids is 1. The van der Waals surface area contributed by atoms with Crippen molar-refractivity contribution in [2.75, 3.05) is 0 Å². The van der Waals surface area contributed by atoms with Gasteiger partial charge in [0.1, 0.15) is 6.54 Å². The van der Waals surface area contributed by atoms with Gasteiger partial charge in [0.25, 0.3) is 11.5 Å². The van der Waals surface area contributed by atoms with Crippen molar-refractivity contribution >= 4 is 51.6 Å². The zero-order valence-corrected chi connectivity index (χ0v) is 18.8. The minimum absolute atomic E-state index is 0.235. The predicted molar refractivity (Wildman–Crippen MR) is 119 cm³/mol. The molecule has 4 aromatic rings. The van der Waals surface area contributed by atoms with E-state index in [0.29, 0.717) is 21.4 Å². The number of carbonyl (C=O) groups is 1. The van der Waals surface area contributed by atoms with Gasteiger partial charge in [0.05, 0.1) is 12.9 Å². The van der Waals surface area contributed by atoms with Gasteiger partial charge in [0, 0.05) is 35.7 Å². The molecule has 0 aliphatic carbocycles. The Morgan fingerprint density at radius 2 is 2.00 bits per heavy atom. The fraction of sp³-hybridized carbons (Fsp3) is 0.211. The number of imidazole rings is 1. The smallest absolute Gasteiger partial charge is 0.328 e. The number of fused-ring (bicyclic) bond motifs is 1. The molecule has 0 aliphatic rings. The Bertz CT molecular complexity index is 1510. The summed E-state index contributed by atoms with van der Waals surface area (Å²) >= 11 is 13.4. The van der Waals surface area contributed by atoms with Crippen LogP contribution in [0.3, 0.4) is 0 Å². The summed E-state index contributed by atoms with van der Waals surface area (Å²) in [6.07, 6.45) is 3.22. The zero-order chi connectivity index (χ0) is 22.3. The number of hydrogen-bond acceptors (Lipinski definition) is 5. The second-order valence-corrected chi connectivity index (χ2v) is 8.53. The molecular formula is C19H16Cl2N6O3S. The standard InChI is InChI=1S/C19H16Cl2N6O3S/c1-24-10-22-16-15(24)17(29)27(19(30)25(16)2)9-14(28)23-18-26(5-6-31-18)8-11-3-4-12(20)7-13(11)21/h3-7,10H,8-9H2,1-2H3. The fourth-order valence-electron chi connectivity index (χ4n) is 3.15. The second-order valence-electron chi connectivity index (χ2n) is 6.82. The summed E-state index contributed by atoms with van der Waals surface area (Å²) in [5, 5.41) is 2.81. The van der Waals surface area contributed by atoms with Crippen molar-refractivity contribution in [2.24, 2.45) is 19.1 Å². The fourth-order valence-corrected chi connectivity index (χ4v) is 4.37. The molecule has 0 unspecified atom stereocenters. The van der Waals surface area contributed by atoms with E-state index < -0.39 is 23.7 Å². The van der Waals surface area contributed by atoms with Crippen LogP contribution < -0.4 is 16.1 Å². The monoisotopic (exact) mass is 478 g/mol. The van der Waals surface area contributed by atoms with Gasteiger partial charge in [-0.1, -0.05) is 29.3 Å². The number of aromatic nitrogens is 5. The molecule has 0 saturated heterocycles. The molecule has 9 nitrogen and oxygen atoms in total. The van der Waals surface area contributed by atoms with E-state index in [2.05, 4.69) is 9.98 Å². The lowest BCUT2D eigenvalue weighted by atomic mass is 10.2. The third kappa shape index (κ3) is 4.01. The van der Waals surface area contributed by atoms with E-state index in [1.165, 1.54) is 33.8 Å². The maximum absolute atomic E-state index is 12.8. The van der Waals surface area contributed by atoms with Crippen LogP contribution in [0.2, 0.25) is 10.0 Å². The Morgan fingerprint density at radius 1 is 1.23 bits per heavy atom. The molecule has 0 radical (unpaired) electrons. The first-order valence-electron chi connectivity index (χ1n) is 9.02. The first kappa shape index (κ1) is 21.3. The Hall–Kier alpha value is -2.95. The van der Waals surface area contributed by atoms with Crippen molar-refractivity contribution in [3.8, 4) is 0 Å². The number of thiazole rings is 1. The first-order valence-corrected chi connectivity index (χ1v) is 10.7. The highest BCUT2D eigenvalue weighted by atomic mass is 35.5. The van der Waals surface area contributed by atoms with Gasteiger partial charge < -0.3 is 9.13 Å². The molecule has 160 valence electrons. The quantitative estimate of drug-likeness (QED) is 0.446. The highest BCUT2D eigenvalue weighted by molar-refractivity contribution is 7.07. The number of hydrogen-bond donors (Lipinski definition) is 0. The second kappa shape index (κ2) is 8.29. The molecule has 0 spiro atoms. The summed E-state index contributed by atoms with van der Waals surface area (Å²) < 4.78 is 5.36. The molecule has 4 rings (SSSR count). The average Bonchev–Trinajstić information content (AvgIpc) is 3.32. The SMILES string of the molecule is Cn1cnc2c1c(=O)n(CC(=O)N=c1sccn1Cc1ccc(Cl)cc1Cl)c(=O)n2C. The molecule has 3 aromatic heterocycles. The van der Waals surface area contributed by atoms with Crippen LogP contribution in [-0.2, 0) is 32.0 Å². The third-order valence-electron chi connectivity index (χ3n) is 4.73. The van der Waals surface area contributed by atoms with Crippen LogP contribution >= 0.6 is 34.5 Å². The Balaban J connectivity index is 1.68. The molecule has 0 fully saturated rings. The minimum Gasteiger partial charge on any atom is -0.328 e. The molecule has 31 heavy (non-hydrogen) atoms. The van der Waals surface area contributed by atoms with Gasteiger partial charge in [-0.3, -0.25) is 14.2 Å². The van der Waals surface area contributed by atoms with E-state index in [-0.39, 0.29) is 11.2 Å². The van der Waals surface area contributed by atoms with Crippen LogP contribution in [-0.4, -0.2) is 29.2 Å². The lowest BCUT2D eigenvalue weighted by molar-refractivity contribution is -0.118.